The zero-order chi connectivity index (χ0) is 13.2. The molecule has 3 rings (SSSR count). The number of amides is 1. The Bertz CT molecular complexity index is 590. The van der Waals surface area contributed by atoms with Gasteiger partial charge < -0.3 is 4.90 Å². The van der Waals surface area contributed by atoms with Crippen molar-refractivity contribution in [2.45, 2.75) is 19.8 Å². The normalized spacial score (nSPS) is 14.9. The van der Waals surface area contributed by atoms with Gasteiger partial charge in [-0.05, 0) is 25.8 Å². The molecular formula is C13H14N4OS. The fraction of sp³-hybridized carbons (Fsp3) is 0.385. The molecule has 0 aromatic carbocycles. The molecule has 0 saturated carbocycles. The van der Waals surface area contributed by atoms with Gasteiger partial charge in [-0.1, -0.05) is 0 Å². The molecule has 1 amide bonds. The fourth-order valence-corrected chi connectivity index (χ4v) is 3.15. The molecule has 2 aromatic rings. The number of hydrogen-bond acceptors (Lipinski definition) is 5. The summed E-state index contributed by atoms with van der Waals surface area (Å²) in [5, 5.41) is 0.709. The maximum absolute atomic E-state index is 12.4. The molecule has 3 heterocycles. The lowest BCUT2D eigenvalue weighted by molar-refractivity contribution is 0.0796. The highest BCUT2D eigenvalue weighted by molar-refractivity contribution is 7.17. The molecular weight excluding hydrogens is 260 g/mol. The predicted octanol–water partition coefficient (Wildman–Crippen LogP) is 2.14. The maximum Gasteiger partial charge on any atom is 0.265 e. The van der Waals surface area contributed by atoms with Crippen molar-refractivity contribution in [3.8, 4) is 10.8 Å². The lowest BCUT2D eigenvalue weighted by Crippen LogP contribution is -2.27. The third-order valence-electron chi connectivity index (χ3n) is 3.14. The van der Waals surface area contributed by atoms with Gasteiger partial charge in [-0.15, -0.1) is 11.3 Å². The largest absolute Gasteiger partial charge is 0.338 e. The highest BCUT2D eigenvalue weighted by Crippen LogP contribution is 2.27. The standard InChI is InChI=1S/C13H14N4OS/c1-9-10(13(18)17-7-2-3-8-17)19-12(16-9)11-14-5-4-6-15-11/h4-6H,2-3,7-8H2,1H3. The summed E-state index contributed by atoms with van der Waals surface area (Å²) in [7, 11) is 0. The van der Waals surface area contributed by atoms with Crippen LogP contribution in [0.1, 0.15) is 28.2 Å². The van der Waals surface area contributed by atoms with Gasteiger partial charge in [-0.3, -0.25) is 4.79 Å². The molecule has 0 bridgehead atoms. The van der Waals surface area contributed by atoms with Crippen LogP contribution >= 0.6 is 11.3 Å². The number of aromatic nitrogens is 3. The van der Waals surface area contributed by atoms with E-state index in [9.17, 15) is 4.79 Å². The smallest absolute Gasteiger partial charge is 0.265 e. The second-order valence-corrected chi connectivity index (χ2v) is 5.50. The summed E-state index contributed by atoms with van der Waals surface area (Å²) in [5.41, 5.74) is 0.768. The molecule has 1 aliphatic heterocycles. The molecule has 0 atom stereocenters. The van der Waals surface area contributed by atoms with Gasteiger partial charge in [0, 0.05) is 25.5 Å². The van der Waals surface area contributed by atoms with Crippen LogP contribution < -0.4 is 0 Å². The first kappa shape index (κ1) is 12.2. The molecule has 1 aliphatic rings. The number of carbonyl (C=O) groups is 1. The summed E-state index contributed by atoms with van der Waals surface area (Å²) in [6.07, 6.45) is 5.55. The number of aryl methyl sites for hydroxylation is 1. The number of nitrogens with zero attached hydrogens (tertiary/aromatic N) is 4. The molecule has 0 unspecified atom stereocenters. The van der Waals surface area contributed by atoms with Crippen LogP contribution in [-0.2, 0) is 0 Å². The number of rotatable bonds is 2. The van der Waals surface area contributed by atoms with E-state index < -0.39 is 0 Å². The summed E-state index contributed by atoms with van der Waals surface area (Å²) in [5.74, 6) is 0.672. The van der Waals surface area contributed by atoms with Crippen molar-refractivity contribution in [1.82, 2.24) is 19.9 Å². The SMILES string of the molecule is Cc1nc(-c2ncccn2)sc1C(=O)N1CCCC1. The van der Waals surface area contributed by atoms with E-state index in [-0.39, 0.29) is 5.91 Å². The van der Waals surface area contributed by atoms with Crippen LogP contribution in [0.25, 0.3) is 10.8 Å². The van der Waals surface area contributed by atoms with Crippen molar-refractivity contribution >= 4 is 17.2 Å². The minimum absolute atomic E-state index is 0.0923. The minimum Gasteiger partial charge on any atom is -0.338 e. The molecule has 0 spiro atoms. The Morgan fingerprint density at radius 1 is 1.26 bits per heavy atom. The second-order valence-electron chi connectivity index (χ2n) is 4.51. The van der Waals surface area contributed by atoms with E-state index in [1.807, 2.05) is 11.8 Å². The summed E-state index contributed by atoms with van der Waals surface area (Å²) in [4.78, 5) is 27.7. The van der Waals surface area contributed by atoms with Crippen LogP contribution in [0.3, 0.4) is 0 Å². The van der Waals surface area contributed by atoms with Crippen molar-refractivity contribution in [3.05, 3.63) is 29.0 Å². The van der Waals surface area contributed by atoms with E-state index in [1.54, 1.807) is 18.5 Å². The van der Waals surface area contributed by atoms with E-state index in [0.717, 1.165) is 31.6 Å². The molecule has 2 aromatic heterocycles. The summed E-state index contributed by atoms with van der Waals surface area (Å²) in [6, 6.07) is 1.76. The first-order valence-electron chi connectivity index (χ1n) is 6.30. The molecule has 5 nitrogen and oxygen atoms in total. The average Bonchev–Trinajstić information content (AvgIpc) is 3.08. The molecule has 0 radical (unpaired) electrons. The highest BCUT2D eigenvalue weighted by atomic mass is 32.1. The Balaban J connectivity index is 1.91. The van der Waals surface area contributed by atoms with Gasteiger partial charge in [-0.25, -0.2) is 15.0 Å². The van der Waals surface area contributed by atoms with Gasteiger partial charge in [0.05, 0.1) is 5.69 Å². The number of carbonyl (C=O) groups excluding carboxylic acids is 1. The Kier molecular flexibility index (Phi) is 3.25. The van der Waals surface area contributed by atoms with Gasteiger partial charge in [-0.2, -0.15) is 0 Å². The molecule has 0 N–H and O–H groups in total. The number of thiazole rings is 1. The van der Waals surface area contributed by atoms with Gasteiger partial charge in [0.1, 0.15) is 4.88 Å². The summed E-state index contributed by atoms with van der Waals surface area (Å²) >= 11 is 1.38. The Morgan fingerprint density at radius 2 is 1.95 bits per heavy atom. The first-order valence-corrected chi connectivity index (χ1v) is 7.11. The molecule has 1 fully saturated rings. The molecule has 1 saturated heterocycles. The first-order chi connectivity index (χ1) is 9.25. The maximum atomic E-state index is 12.4. The molecule has 6 heteroatoms. The topological polar surface area (TPSA) is 59.0 Å². The Hall–Kier alpha value is -1.82. The lowest BCUT2D eigenvalue weighted by atomic mass is 10.3. The minimum atomic E-state index is 0.0923. The van der Waals surface area contributed by atoms with Crippen molar-refractivity contribution < 1.29 is 4.79 Å². The molecule has 0 aliphatic carbocycles. The van der Waals surface area contributed by atoms with E-state index in [4.69, 9.17) is 0 Å². The average molecular weight is 274 g/mol. The third kappa shape index (κ3) is 2.35. The zero-order valence-corrected chi connectivity index (χ0v) is 11.5. The van der Waals surface area contributed by atoms with Crippen molar-refractivity contribution in [1.29, 1.82) is 0 Å². The Morgan fingerprint density at radius 3 is 2.63 bits per heavy atom. The van der Waals surface area contributed by atoms with Crippen LogP contribution in [0.5, 0.6) is 0 Å². The summed E-state index contributed by atoms with van der Waals surface area (Å²) in [6.45, 7) is 3.58. The number of likely N-dealkylation sites (tertiary alicyclic amines) is 1. The van der Waals surface area contributed by atoms with Crippen LogP contribution in [0.2, 0.25) is 0 Å². The zero-order valence-electron chi connectivity index (χ0n) is 10.7. The van der Waals surface area contributed by atoms with Crippen LogP contribution in [0.4, 0.5) is 0 Å². The van der Waals surface area contributed by atoms with Gasteiger partial charge in [0.2, 0.25) is 0 Å². The van der Waals surface area contributed by atoms with E-state index in [1.165, 1.54) is 11.3 Å². The van der Waals surface area contributed by atoms with Gasteiger partial charge in [0.15, 0.2) is 10.8 Å². The predicted molar refractivity (Wildman–Crippen MR) is 73.0 cm³/mol. The van der Waals surface area contributed by atoms with Crippen molar-refractivity contribution in [2.75, 3.05) is 13.1 Å². The third-order valence-corrected chi connectivity index (χ3v) is 4.28. The monoisotopic (exact) mass is 274 g/mol. The number of hydrogen-bond donors (Lipinski definition) is 0. The van der Waals surface area contributed by atoms with Crippen LogP contribution in [0, 0.1) is 6.92 Å². The van der Waals surface area contributed by atoms with Crippen molar-refractivity contribution in [3.63, 3.8) is 0 Å². The molecule has 98 valence electrons. The Labute approximate surface area is 115 Å². The molecule has 19 heavy (non-hydrogen) atoms. The van der Waals surface area contributed by atoms with E-state index in [2.05, 4.69) is 15.0 Å². The van der Waals surface area contributed by atoms with Crippen molar-refractivity contribution in [2.24, 2.45) is 0 Å². The van der Waals surface area contributed by atoms with E-state index >= 15 is 0 Å². The summed E-state index contributed by atoms with van der Waals surface area (Å²) < 4.78 is 0. The van der Waals surface area contributed by atoms with Crippen LogP contribution in [0.15, 0.2) is 18.5 Å². The quantitative estimate of drug-likeness (QED) is 0.842. The van der Waals surface area contributed by atoms with E-state index in [0.29, 0.717) is 15.7 Å². The van der Waals surface area contributed by atoms with Crippen LogP contribution in [-0.4, -0.2) is 38.8 Å². The second kappa shape index (κ2) is 5.05. The highest BCUT2D eigenvalue weighted by Gasteiger charge is 2.24. The fourth-order valence-electron chi connectivity index (χ4n) is 2.16. The lowest BCUT2D eigenvalue weighted by Gasteiger charge is -2.13. The van der Waals surface area contributed by atoms with Gasteiger partial charge in [0.25, 0.3) is 5.91 Å². The van der Waals surface area contributed by atoms with Gasteiger partial charge >= 0.3 is 0 Å².